The van der Waals surface area contributed by atoms with Crippen molar-refractivity contribution in [2.45, 2.75) is 13.3 Å². The smallest absolute Gasteiger partial charge is 0.165 e. The van der Waals surface area contributed by atoms with Crippen molar-refractivity contribution in [2.75, 3.05) is 43.4 Å². The molecule has 0 aliphatic carbocycles. The quantitative estimate of drug-likeness (QED) is 0.463. The maximum atomic E-state index is 15.3. The van der Waals surface area contributed by atoms with Gasteiger partial charge in [-0.3, -0.25) is 9.47 Å². The molecule has 0 unspecified atom stereocenters. The van der Waals surface area contributed by atoms with E-state index >= 15 is 4.39 Å². The summed E-state index contributed by atoms with van der Waals surface area (Å²) in [6, 6.07) is 12.8. The van der Waals surface area contributed by atoms with Crippen LogP contribution >= 0.6 is 0 Å². The van der Waals surface area contributed by atoms with Crippen molar-refractivity contribution < 1.29 is 4.39 Å². The minimum Gasteiger partial charge on any atom is -0.384 e. The van der Waals surface area contributed by atoms with Crippen LogP contribution < -0.4 is 10.6 Å². The zero-order valence-corrected chi connectivity index (χ0v) is 19.1. The molecule has 3 aromatic heterocycles. The molecular formula is C26H26FN7. The number of anilines is 2. The van der Waals surface area contributed by atoms with E-state index in [1.54, 1.807) is 18.3 Å². The zero-order chi connectivity index (χ0) is 23.7. The normalized spacial score (nSPS) is 14.4. The Balaban J connectivity index is 1.45. The fourth-order valence-corrected chi connectivity index (χ4v) is 4.47. The van der Waals surface area contributed by atoms with Gasteiger partial charge in [0.05, 0.1) is 17.1 Å². The van der Waals surface area contributed by atoms with Gasteiger partial charge in [0.25, 0.3) is 0 Å². The molecule has 1 saturated heterocycles. The lowest BCUT2D eigenvalue weighted by molar-refractivity contribution is 0.263. The minimum atomic E-state index is -0.256. The number of piperazine rings is 1. The van der Waals surface area contributed by atoms with Crippen molar-refractivity contribution in [3.05, 3.63) is 60.3 Å². The molecule has 0 amide bonds. The third kappa shape index (κ3) is 4.18. The number of benzene rings is 1. The lowest BCUT2D eigenvalue weighted by atomic mass is 10.1. The summed E-state index contributed by atoms with van der Waals surface area (Å²) < 4.78 is 17.2. The minimum absolute atomic E-state index is 0.256. The molecule has 0 radical (unpaired) electrons. The maximum Gasteiger partial charge on any atom is 0.165 e. The molecule has 7 nitrogen and oxygen atoms in total. The van der Waals surface area contributed by atoms with E-state index in [-0.39, 0.29) is 5.82 Å². The molecule has 8 heteroatoms. The Hall–Kier alpha value is -3.96. The van der Waals surface area contributed by atoms with Crippen LogP contribution in [0, 0.1) is 25.1 Å². The Labute approximate surface area is 198 Å². The van der Waals surface area contributed by atoms with Crippen LogP contribution in [0.1, 0.15) is 12.2 Å². The molecule has 4 heterocycles. The van der Waals surface area contributed by atoms with Gasteiger partial charge in [-0.15, -0.1) is 12.3 Å². The fraction of sp³-hybridized carbons (Fsp3) is 0.269. The molecule has 0 saturated carbocycles. The first-order valence-corrected chi connectivity index (χ1v) is 11.3. The van der Waals surface area contributed by atoms with E-state index in [1.807, 2.05) is 41.8 Å². The average Bonchev–Trinajstić information content (AvgIpc) is 3.18. The number of hydrogen-bond donors (Lipinski definition) is 1. The van der Waals surface area contributed by atoms with Gasteiger partial charge in [-0.05, 0) is 43.3 Å². The Morgan fingerprint density at radius 2 is 1.88 bits per heavy atom. The van der Waals surface area contributed by atoms with Gasteiger partial charge in [0.15, 0.2) is 5.65 Å². The summed E-state index contributed by atoms with van der Waals surface area (Å²) >= 11 is 0. The van der Waals surface area contributed by atoms with E-state index in [4.69, 9.17) is 17.1 Å². The van der Waals surface area contributed by atoms with Crippen LogP contribution in [0.5, 0.6) is 0 Å². The van der Waals surface area contributed by atoms with Crippen LogP contribution in [0.2, 0.25) is 0 Å². The summed E-state index contributed by atoms with van der Waals surface area (Å²) in [6.45, 7) is 6.08. The summed E-state index contributed by atoms with van der Waals surface area (Å²) in [5, 5.41) is 0. The zero-order valence-electron chi connectivity index (χ0n) is 19.1. The van der Waals surface area contributed by atoms with Crippen LogP contribution in [0.15, 0.2) is 48.7 Å². The van der Waals surface area contributed by atoms with E-state index in [9.17, 15) is 0 Å². The highest BCUT2D eigenvalue weighted by Crippen LogP contribution is 2.28. The molecule has 4 aromatic rings. The average molecular weight is 456 g/mol. The number of nitrogens with two attached hydrogens (primary N) is 1. The highest BCUT2D eigenvalue weighted by atomic mass is 19.1. The van der Waals surface area contributed by atoms with Gasteiger partial charge in [-0.25, -0.2) is 19.3 Å². The number of imidazole rings is 1. The molecule has 0 atom stereocenters. The SMILES string of the molecule is C#CCCN1CCN(c2ccc(-n3c(C)nc4ccc(-c5ccnc(N)c5)nc43)cc2F)CC1. The summed E-state index contributed by atoms with van der Waals surface area (Å²) in [5.74, 6) is 3.60. The standard InChI is InChI=1S/C26H26FN7/c1-3-4-11-32-12-14-33(15-13-32)24-8-5-20(17-21(24)27)34-18(2)30-23-7-6-22(31-26(23)34)19-9-10-29-25(28)16-19/h1,5-10,16-17H,4,11-15H2,2H3,(H2,28,29). The van der Waals surface area contributed by atoms with Crippen molar-refractivity contribution in [1.82, 2.24) is 24.4 Å². The van der Waals surface area contributed by atoms with E-state index in [1.165, 1.54) is 0 Å². The lowest BCUT2D eigenvalue weighted by Crippen LogP contribution is -2.46. The van der Waals surface area contributed by atoms with Gasteiger partial charge in [0.1, 0.15) is 23.0 Å². The molecule has 34 heavy (non-hydrogen) atoms. The number of nitrogens with zero attached hydrogens (tertiary/aromatic N) is 6. The molecule has 1 aliphatic rings. The summed E-state index contributed by atoms with van der Waals surface area (Å²) in [4.78, 5) is 17.9. The molecule has 0 spiro atoms. The first-order valence-electron chi connectivity index (χ1n) is 11.3. The Morgan fingerprint density at radius 3 is 2.62 bits per heavy atom. The Bertz CT molecular complexity index is 1380. The van der Waals surface area contributed by atoms with E-state index in [0.717, 1.165) is 61.7 Å². The first-order chi connectivity index (χ1) is 16.5. The molecule has 172 valence electrons. The van der Waals surface area contributed by atoms with Gasteiger partial charge >= 0.3 is 0 Å². The van der Waals surface area contributed by atoms with Crippen molar-refractivity contribution in [3.8, 4) is 29.3 Å². The Kier molecular flexibility index (Phi) is 5.86. The number of halogens is 1. The van der Waals surface area contributed by atoms with Crippen LogP contribution in [0.25, 0.3) is 28.1 Å². The monoisotopic (exact) mass is 455 g/mol. The van der Waals surface area contributed by atoms with Crippen molar-refractivity contribution >= 4 is 22.7 Å². The predicted octanol–water partition coefficient (Wildman–Crippen LogP) is 3.66. The third-order valence-corrected chi connectivity index (χ3v) is 6.22. The number of pyridine rings is 2. The predicted molar refractivity (Wildman–Crippen MR) is 133 cm³/mol. The third-order valence-electron chi connectivity index (χ3n) is 6.22. The van der Waals surface area contributed by atoms with E-state index in [0.29, 0.717) is 22.8 Å². The van der Waals surface area contributed by atoms with Crippen molar-refractivity contribution in [1.29, 1.82) is 0 Å². The van der Waals surface area contributed by atoms with Crippen LogP contribution in [0.3, 0.4) is 0 Å². The topological polar surface area (TPSA) is 76.1 Å². The molecular weight excluding hydrogens is 429 g/mol. The second kappa shape index (κ2) is 9.12. The van der Waals surface area contributed by atoms with E-state index < -0.39 is 0 Å². The lowest BCUT2D eigenvalue weighted by Gasteiger charge is -2.36. The number of fused-ring (bicyclic) bond motifs is 1. The molecule has 2 N–H and O–H groups in total. The van der Waals surface area contributed by atoms with Gasteiger partial charge in [0.2, 0.25) is 0 Å². The van der Waals surface area contributed by atoms with E-state index in [2.05, 4.69) is 25.7 Å². The number of aryl methyl sites for hydroxylation is 1. The van der Waals surface area contributed by atoms with Gasteiger partial charge in [-0.1, -0.05) is 0 Å². The van der Waals surface area contributed by atoms with Gasteiger partial charge < -0.3 is 10.6 Å². The van der Waals surface area contributed by atoms with Crippen molar-refractivity contribution in [2.24, 2.45) is 0 Å². The highest BCUT2D eigenvalue weighted by molar-refractivity contribution is 5.78. The van der Waals surface area contributed by atoms with Gasteiger partial charge in [0, 0.05) is 57.0 Å². The molecule has 5 rings (SSSR count). The summed E-state index contributed by atoms with van der Waals surface area (Å²) in [6.07, 6.45) is 7.77. The number of aromatic nitrogens is 4. The maximum absolute atomic E-state index is 15.3. The van der Waals surface area contributed by atoms with Crippen LogP contribution in [-0.2, 0) is 0 Å². The number of rotatable bonds is 5. The Morgan fingerprint density at radius 1 is 1.06 bits per heavy atom. The second-order valence-electron chi connectivity index (χ2n) is 8.42. The largest absolute Gasteiger partial charge is 0.384 e. The number of terminal acetylenes is 1. The number of nitrogen functional groups attached to an aromatic ring is 1. The van der Waals surface area contributed by atoms with Crippen LogP contribution in [0.4, 0.5) is 15.9 Å². The van der Waals surface area contributed by atoms with Gasteiger partial charge in [-0.2, -0.15) is 0 Å². The highest BCUT2D eigenvalue weighted by Gasteiger charge is 2.20. The fourth-order valence-electron chi connectivity index (χ4n) is 4.47. The first kappa shape index (κ1) is 21.9. The second-order valence-corrected chi connectivity index (χ2v) is 8.42. The molecule has 1 aliphatic heterocycles. The molecule has 1 fully saturated rings. The van der Waals surface area contributed by atoms with Crippen LogP contribution in [-0.4, -0.2) is 57.1 Å². The molecule has 0 bridgehead atoms. The molecule has 1 aromatic carbocycles. The number of hydrogen-bond acceptors (Lipinski definition) is 6. The summed E-state index contributed by atoms with van der Waals surface area (Å²) in [5.41, 5.74) is 10.2. The van der Waals surface area contributed by atoms with Crippen molar-refractivity contribution in [3.63, 3.8) is 0 Å². The summed E-state index contributed by atoms with van der Waals surface area (Å²) in [7, 11) is 0.